The van der Waals surface area contributed by atoms with Crippen LogP contribution in [-0.4, -0.2) is 6.18 Å². The summed E-state index contributed by atoms with van der Waals surface area (Å²) >= 11 is 0. The van der Waals surface area contributed by atoms with Gasteiger partial charge in [0.05, 0.1) is 0 Å². The van der Waals surface area contributed by atoms with Crippen LogP contribution >= 0.6 is 0 Å². The second-order valence-corrected chi connectivity index (χ2v) is 2.81. The molecule has 0 unspecified atom stereocenters. The van der Waals surface area contributed by atoms with Crippen LogP contribution in [0.4, 0.5) is 26.3 Å². The molecule has 8 heteroatoms. The summed E-state index contributed by atoms with van der Waals surface area (Å²) in [7, 11) is 0. The number of rotatable bonds is 1. The van der Waals surface area contributed by atoms with Gasteiger partial charge in [-0.25, -0.2) is 0 Å². The van der Waals surface area contributed by atoms with Crippen molar-refractivity contribution >= 4 is 0 Å². The predicted molar refractivity (Wildman–Crippen MR) is 46.2 cm³/mol. The molecule has 0 saturated heterocycles. The van der Waals surface area contributed by atoms with E-state index in [0.29, 0.717) is 12.1 Å². The van der Waals surface area contributed by atoms with Gasteiger partial charge in [0, 0.05) is 43.3 Å². The standard InChI is InChI=1S/C9H5F6.Ho.H2N/c10-8(11,12)5-6-1-3-7(4-2-6)9(13,14)15;;/h1-5H;;1H2/q-1;;-1. The summed E-state index contributed by atoms with van der Waals surface area (Å²) in [4.78, 5) is 0. The van der Waals surface area contributed by atoms with Crippen LogP contribution in [0.3, 0.4) is 0 Å². The Morgan fingerprint density at radius 2 is 1.24 bits per heavy atom. The van der Waals surface area contributed by atoms with Gasteiger partial charge in [0.2, 0.25) is 0 Å². The Labute approximate surface area is 124 Å². The van der Waals surface area contributed by atoms with Gasteiger partial charge in [0.15, 0.2) is 0 Å². The van der Waals surface area contributed by atoms with Gasteiger partial charge in [-0.15, -0.1) is 12.1 Å². The molecule has 1 rings (SSSR count). The molecule has 2 N–H and O–H groups in total. The number of nitrogens with two attached hydrogens (primary N) is 1. The number of halogens is 6. The smallest absolute Gasteiger partial charge is 0.414 e. The first kappa shape index (κ1) is 19.2. The Bertz CT molecular complexity index is 329. The van der Waals surface area contributed by atoms with E-state index >= 15 is 0 Å². The van der Waals surface area contributed by atoms with Crippen LogP contribution in [0.2, 0.25) is 0 Å². The second-order valence-electron chi connectivity index (χ2n) is 2.81. The van der Waals surface area contributed by atoms with E-state index in [1.165, 1.54) is 0 Å². The van der Waals surface area contributed by atoms with Crippen LogP contribution in [-0.2, 0) is 6.18 Å². The Hall–Kier alpha value is -0.110. The second kappa shape index (κ2) is 6.72. The number of benzene rings is 1. The Morgan fingerprint density at radius 3 is 1.53 bits per heavy atom. The number of alkyl halides is 6. The monoisotopic (exact) mass is 408 g/mol. The molecule has 1 nitrogen and oxygen atoms in total. The molecule has 0 aliphatic heterocycles. The molecule has 1 radical (unpaired) electrons. The molecule has 0 saturated carbocycles. The summed E-state index contributed by atoms with van der Waals surface area (Å²) in [6.07, 6.45) is -9.12. The molecule has 0 bridgehead atoms. The summed E-state index contributed by atoms with van der Waals surface area (Å²) in [5, 5.41) is 0. The first-order chi connectivity index (χ1) is 6.68. The zero-order chi connectivity index (χ0) is 11.7. The molecule has 1 aromatic carbocycles. The predicted octanol–water partition coefficient (Wildman–Crippen LogP) is 4.54. The Balaban J connectivity index is 0. The van der Waals surface area contributed by atoms with Crippen LogP contribution in [0.25, 0.3) is 6.15 Å². The van der Waals surface area contributed by atoms with Crippen molar-refractivity contribution in [3.8, 4) is 0 Å². The van der Waals surface area contributed by atoms with Crippen molar-refractivity contribution < 1.29 is 64.1 Å². The molecule has 0 heterocycles. The van der Waals surface area contributed by atoms with Gasteiger partial charge < -0.3 is 6.15 Å². The molecule has 0 spiro atoms. The molecule has 0 aromatic heterocycles. The van der Waals surface area contributed by atoms with E-state index in [-0.39, 0.29) is 55.9 Å². The van der Waals surface area contributed by atoms with Gasteiger partial charge in [-0.3, -0.25) is 0 Å². The maximum Gasteiger partial charge on any atom is 0.414 e. The topological polar surface area (TPSA) is 33.5 Å². The van der Waals surface area contributed by atoms with Crippen molar-refractivity contribution in [1.82, 2.24) is 0 Å². The van der Waals surface area contributed by atoms with Gasteiger partial charge in [-0.2, -0.15) is 44.0 Å². The van der Waals surface area contributed by atoms with Crippen molar-refractivity contribution in [3.63, 3.8) is 0 Å². The van der Waals surface area contributed by atoms with E-state index < -0.39 is 17.9 Å². The molecular formula is C9H7F6HoN-2. The molecular weight excluding hydrogens is 401 g/mol. The maximum atomic E-state index is 12.0. The fraction of sp³-hybridized carbons (Fsp3) is 0.222. The molecule has 0 amide bonds. The van der Waals surface area contributed by atoms with Gasteiger partial charge in [-0.05, 0) is 0 Å². The minimum atomic E-state index is -4.53. The largest absolute Gasteiger partial charge is 0.693 e. The van der Waals surface area contributed by atoms with E-state index in [2.05, 4.69) is 0 Å². The third kappa shape index (κ3) is 7.02. The Morgan fingerprint density at radius 1 is 0.824 bits per heavy atom. The molecule has 0 atom stereocenters. The van der Waals surface area contributed by atoms with Gasteiger partial charge in [0.1, 0.15) is 0 Å². The normalized spacial score (nSPS) is 11.2. The van der Waals surface area contributed by atoms with Crippen LogP contribution < -0.4 is 0 Å². The van der Waals surface area contributed by atoms with Crippen LogP contribution in [0, 0.1) is 44.2 Å². The van der Waals surface area contributed by atoms with Crippen molar-refractivity contribution in [2.75, 3.05) is 0 Å². The molecule has 0 fully saturated rings. The van der Waals surface area contributed by atoms with Crippen molar-refractivity contribution in [2.45, 2.75) is 12.4 Å². The van der Waals surface area contributed by atoms with Crippen LogP contribution in [0.15, 0.2) is 24.3 Å². The van der Waals surface area contributed by atoms with Crippen molar-refractivity contribution in [2.24, 2.45) is 0 Å². The summed E-state index contributed by atoms with van der Waals surface area (Å²) in [5.41, 5.74) is -1.28. The van der Waals surface area contributed by atoms with E-state index in [1.54, 1.807) is 0 Å². The van der Waals surface area contributed by atoms with Crippen molar-refractivity contribution in [1.29, 1.82) is 0 Å². The van der Waals surface area contributed by atoms with Crippen LogP contribution in [0.5, 0.6) is 0 Å². The van der Waals surface area contributed by atoms with E-state index in [4.69, 9.17) is 0 Å². The number of hydrogen-bond acceptors (Lipinski definition) is 0. The minimum Gasteiger partial charge on any atom is -0.693 e. The fourth-order valence-electron chi connectivity index (χ4n) is 0.957. The van der Waals surface area contributed by atoms with E-state index in [0.717, 1.165) is 12.1 Å². The van der Waals surface area contributed by atoms with Crippen LogP contribution in [0.1, 0.15) is 11.1 Å². The zero-order valence-corrected chi connectivity index (χ0v) is 9.97. The maximum absolute atomic E-state index is 12.0. The van der Waals surface area contributed by atoms with Gasteiger partial charge in [-0.1, -0.05) is 6.42 Å². The quantitative estimate of drug-likeness (QED) is 0.372. The molecule has 0 aliphatic rings. The van der Waals surface area contributed by atoms with Gasteiger partial charge in [0.25, 0.3) is 0 Å². The molecule has 17 heavy (non-hydrogen) atoms. The minimum absolute atomic E-state index is 0. The number of hydrogen-bond donors (Lipinski definition) is 0. The van der Waals surface area contributed by atoms with E-state index in [9.17, 15) is 26.3 Å². The van der Waals surface area contributed by atoms with E-state index in [1.807, 2.05) is 0 Å². The Kier molecular flexibility index (Phi) is 7.61. The molecule has 1 aromatic rings. The summed E-state index contributed by atoms with van der Waals surface area (Å²) in [6.45, 7) is 0. The SMILES string of the molecule is FC(F)(F)[CH-]c1ccc(C(F)(F)F)cc1.[Ho].[NH2-]. The fourth-order valence-corrected chi connectivity index (χ4v) is 0.957. The summed E-state index contributed by atoms with van der Waals surface area (Å²) in [5.74, 6) is 0. The average molecular weight is 408 g/mol. The van der Waals surface area contributed by atoms with Gasteiger partial charge >= 0.3 is 12.4 Å². The molecule has 0 aliphatic carbocycles. The summed E-state index contributed by atoms with van der Waals surface area (Å²) in [6, 6.07) is 2.77. The third-order valence-electron chi connectivity index (χ3n) is 1.57. The van der Waals surface area contributed by atoms with Crippen molar-refractivity contribution in [3.05, 3.63) is 48.0 Å². The molecule has 103 valence electrons. The zero-order valence-electron chi connectivity index (χ0n) is 8.03. The third-order valence-corrected chi connectivity index (χ3v) is 1.57. The average Bonchev–Trinajstić information content (AvgIpc) is 2.00. The first-order valence-corrected chi connectivity index (χ1v) is 3.78. The summed E-state index contributed by atoms with van der Waals surface area (Å²) < 4.78 is 71.5. The first-order valence-electron chi connectivity index (χ1n) is 3.78.